The number of aryl methyl sites for hydroxylation is 1. The van der Waals surface area contributed by atoms with Crippen molar-refractivity contribution in [3.63, 3.8) is 0 Å². The van der Waals surface area contributed by atoms with E-state index < -0.39 is 16.2 Å². The lowest BCUT2D eigenvalue weighted by Gasteiger charge is -2.18. The number of para-hydroxylation sites is 1. The van der Waals surface area contributed by atoms with E-state index in [9.17, 15) is 19.7 Å². The molecule has 1 aromatic carbocycles. The minimum Gasteiger partial charge on any atom is -0.319 e. The van der Waals surface area contributed by atoms with E-state index in [-0.39, 0.29) is 11.5 Å². The fourth-order valence-corrected chi connectivity index (χ4v) is 4.26. The van der Waals surface area contributed by atoms with Gasteiger partial charge in [0.15, 0.2) is 5.82 Å². The first-order valence-electron chi connectivity index (χ1n) is 11.6. The van der Waals surface area contributed by atoms with Gasteiger partial charge in [0, 0.05) is 25.0 Å². The molecule has 0 atom stereocenters. The van der Waals surface area contributed by atoms with Crippen LogP contribution in [0.15, 0.2) is 33.9 Å². The second-order valence-corrected chi connectivity index (χ2v) is 8.45. The molecule has 0 aliphatic carbocycles. The molecule has 0 N–H and O–H groups in total. The molecule has 0 fully saturated rings. The van der Waals surface area contributed by atoms with Crippen LogP contribution in [0.3, 0.4) is 0 Å². The number of nitro benzene ring substituents is 1. The Morgan fingerprint density at radius 3 is 2.22 bits per heavy atom. The number of nitro groups is 1. The van der Waals surface area contributed by atoms with Crippen molar-refractivity contribution in [1.29, 1.82) is 0 Å². The van der Waals surface area contributed by atoms with Crippen molar-refractivity contribution in [2.24, 2.45) is 7.05 Å². The molecule has 172 valence electrons. The summed E-state index contributed by atoms with van der Waals surface area (Å²) in [7, 11) is 1.39. The zero-order valence-electron chi connectivity index (χ0n) is 19.0. The van der Waals surface area contributed by atoms with Gasteiger partial charge in [0.05, 0.1) is 10.5 Å². The van der Waals surface area contributed by atoms with Crippen molar-refractivity contribution >= 4 is 16.6 Å². The summed E-state index contributed by atoms with van der Waals surface area (Å²) in [4.78, 5) is 40.2. The predicted octanol–water partition coefficient (Wildman–Crippen LogP) is 5.03. The van der Waals surface area contributed by atoms with E-state index in [0.717, 1.165) is 23.8 Å². The molecule has 0 bridgehead atoms. The number of hydrogen-bond donors (Lipinski definition) is 0. The van der Waals surface area contributed by atoms with Gasteiger partial charge in [-0.3, -0.25) is 19.5 Å². The molecule has 0 unspecified atom stereocenters. The monoisotopic (exact) mass is 440 g/mol. The molecule has 8 nitrogen and oxygen atoms in total. The summed E-state index contributed by atoms with van der Waals surface area (Å²) < 4.78 is 2.66. The molecule has 3 rings (SSSR count). The molecule has 0 saturated carbocycles. The van der Waals surface area contributed by atoms with Crippen molar-refractivity contribution < 1.29 is 4.92 Å². The second-order valence-electron chi connectivity index (χ2n) is 8.45. The number of fused-ring (bicyclic) bond motifs is 2. The molecule has 32 heavy (non-hydrogen) atoms. The molecule has 2 aliphatic rings. The van der Waals surface area contributed by atoms with Crippen LogP contribution in [-0.4, -0.2) is 19.0 Å². The maximum atomic E-state index is 12.7. The Balaban J connectivity index is 1.82. The van der Waals surface area contributed by atoms with Crippen LogP contribution in [0.25, 0.3) is 22.3 Å². The summed E-state index contributed by atoms with van der Waals surface area (Å²) in [6.07, 6.45) is 11.7. The SMILES string of the molecule is CCCCCCCCCCCCn1c2nc(=O)n(C)c(=O)c-2cc2cccc([N+](=O)[O-])c21. The first kappa shape index (κ1) is 23.6. The molecule has 0 amide bonds. The summed E-state index contributed by atoms with van der Waals surface area (Å²) in [6, 6.07) is 6.40. The van der Waals surface area contributed by atoms with E-state index in [4.69, 9.17) is 0 Å². The van der Waals surface area contributed by atoms with Gasteiger partial charge in [0.1, 0.15) is 5.52 Å². The van der Waals surface area contributed by atoms with Crippen LogP contribution >= 0.6 is 0 Å². The van der Waals surface area contributed by atoms with Gasteiger partial charge in [0.2, 0.25) is 0 Å². The third-order valence-corrected chi connectivity index (χ3v) is 6.07. The van der Waals surface area contributed by atoms with E-state index in [2.05, 4.69) is 11.9 Å². The highest BCUT2D eigenvalue weighted by molar-refractivity contribution is 5.91. The molecule has 0 saturated heterocycles. The predicted molar refractivity (Wildman–Crippen MR) is 126 cm³/mol. The number of nitrogens with zero attached hydrogens (tertiary/aromatic N) is 4. The number of hydrogen-bond acceptors (Lipinski definition) is 5. The van der Waals surface area contributed by atoms with E-state index in [1.807, 2.05) is 0 Å². The summed E-state index contributed by atoms with van der Waals surface area (Å²) >= 11 is 0. The zero-order valence-corrected chi connectivity index (χ0v) is 19.0. The average Bonchev–Trinajstić information content (AvgIpc) is 2.78. The van der Waals surface area contributed by atoms with E-state index in [1.165, 1.54) is 58.1 Å². The van der Waals surface area contributed by atoms with Crippen LogP contribution in [0.1, 0.15) is 71.1 Å². The Kier molecular flexibility index (Phi) is 8.14. The lowest BCUT2D eigenvalue weighted by atomic mass is 10.1. The van der Waals surface area contributed by atoms with Crippen LogP contribution in [0.4, 0.5) is 5.69 Å². The average molecular weight is 441 g/mol. The van der Waals surface area contributed by atoms with Gasteiger partial charge < -0.3 is 4.57 Å². The number of rotatable bonds is 12. The lowest BCUT2D eigenvalue weighted by molar-refractivity contribution is -0.383. The Morgan fingerprint density at radius 2 is 1.59 bits per heavy atom. The molecular formula is C24H32N4O4. The standard InChI is InChI=1S/C24H32N4O4/c1-3-4-5-6-7-8-9-10-11-12-16-27-21-18(14-13-15-20(21)28(31)32)17-19-22(27)25-24(30)26(2)23(19)29/h13-15,17H,3-12,16H2,1-2H3. The Morgan fingerprint density at radius 1 is 0.969 bits per heavy atom. The van der Waals surface area contributed by atoms with E-state index in [0.29, 0.717) is 23.0 Å². The Hall–Kier alpha value is -3.03. The number of non-ortho nitro benzene ring substituents is 1. The summed E-state index contributed by atoms with van der Waals surface area (Å²) in [6.45, 7) is 2.69. The number of pyridine rings is 1. The van der Waals surface area contributed by atoms with Gasteiger partial charge in [-0.05, 0) is 12.5 Å². The number of benzene rings is 1. The molecule has 8 heteroatoms. The summed E-state index contributed by atoms with van der Waals surface area (Å²) in [5.41, 5.74) is -0.442. The maximum absolute atomic E-state index is 12.7. The van der Waals surface area contributed by atoms with Crippen molar-refractivity contribution in [2.75, 3.05) is 0 Å². The largest absolute Gasteiger partial charge is 0.352 e. The van der Waals surface area contributed by atoms with Gasteiger partial charge in [-0.25, -0.2) is 4.79 Å². The third-order valence-electron chi connectivity index (χ3n) is 6.07. The normalized spacial score (nSPS) is 11.4. The van der Waals surface area contributed by atoms with Crippen LogP contribution in [0.2, 0.25) is 0 Å². The zero-order chi connectivity index (χ0) is 23.1. The highest BCUT2D eigenvalue weighted by Crippen LogP contribution is 2.31. The summed E-state index contributed by atoms with van der Waals surface area (Å²) in [5, 5.41) is 12.3. The van der Waals surface area contributed by atoms with Crippen molar-refractivity contribution in [2.45, 2.75) is 77.7 Å². The highest BCUT2D eigenvalue weighted by atomic mass is 16.6. The second kappa shape index (κ2) is 11.0. The number of aromatic nitrogens is 3. The highest BCUT2D eigenvalue weighted by Gasteiger charge is 2.23. The minimum absolute atomic E-state index is 0.0496. The lowest BCUT2D eigenvalue weighted by Crippen LogP contribution is -2.36. The fraction of sp³-hybridized carbons (Fsp3) is 0.542. The number of unbranched alkanes of at least 4 members (excludes halogenated alkanes) is 9. The summed E-state index contributed by atoms with van der Waals surface area (Å²) in [5.74, 6) is 0.218. The molecule has 0 radical (unpaired) electrons. The quantitative estimate of drug-likeness (QED) is 0.170. The van der Waals surface area contributed by atoms with Gasteiger partial charge in [-0.1, -0.05) is 76.8 Å². The molecule has 1 aromatic rings. The van der Waals surface area contributed by atoms with E-state index >= 15 is 0 Å². The van der Waals surface area contributed by atoms with Gasteiger partial charge >= 0.3 is 5.69 Å². The molecule has 2 aliphatic heterocycles. The van der Waals surface area contributed by atoms with Gasteiger partial charge in [-0.2, -0.15) is 4.98 Å². The van der Waals surface area contributed by atoms with Crippen LogP contribution in [0.5, 0.6) is 0 Å². The first-order valence-corrected chi connectivity index (χ1v) is 11.6. The van der Waals surface area contributed by atoms with Crippen LogP contribution < -0.4 is 11.2 Å². The van der Waals surface area contributed by atoms with Crippen molar-refractivity contribution in [3.05, 3.63) is 55.2 Å². The van der Waals surface area contributed by atoms with Crippen LogP contribution in [0, 0.1) is 10.1 Å². The first-order chi connectivity index (χ1) is 15.5. The topological polar surface area (TPSA) is 100 Å². The Labute approximate surface area is 187 Å². The smallest absolute Gasteiger partial charge is 0.319 e. The van der Waals surface area contributed by atoms with Gasteiger partial charge in [0.25, 0.3) is 11.2 Å². The molecule has 2 heterocycles. The van der Waals surface area contributed by atoms with Gasteiger partial charge in [-0.15, -0.1) is 0 Å². The Bertz CT molecular complexity index is 1170. The van der Waals surface area contributed by atoms with Crippen molar-refractivity contribution in [1.82, 2.24) is 14.1 Å². The van der Waals surface area contributed by atoms with E-state index in [1.54, 1.807) is 22.8 Å². The maximum Gasteiger partial charge on any atom is 0.352 e. The molecule has 0 spiro atoms. The minimum atomic E-state index is -0.655. The molecule has 0 aromatic heterocycles. The molecular weight excluding hydrogens is 408 g/mol. The fourth-order valence-electron chi connectivity index (χ4n) is 4.26. The van der Waals surface area contributed by atoms with Crippen molar-refractivity contribution in [3.8, 4) is 11.4 Å². The third kappa shape index (κ3) is 5.23. The van der Waals surface area contributed by atoms with Crippen LogP contribution in [-0.2, 0) is 13.6 Å².